The molecule has 2 heterocycles. The molecule has 0 bridgehead atoms. The smallest absolute Gasteiger partial charge is 0.288 e. The van der Waals surface area contributed by atoms with Crippen LogP contribution in [0.5, 0.6) is 0 Å². The molecule has 0 saturated heterocycles. The van der Waals surface area contributed by atoms with Gasteiger partial charge in [0.05, 0.1) is 6.04 Å². The number of benzene rings is 2. The summed E-state index contributed by atoms with van der Waals surface area (Å²) in [4.78, 5) is 7.27. The minimum absolute atomic E-state index is 0.0143. The van der Waals surface area contributed by atoms with E-state index in [2.05, 4.69) is 29.2 Å². The quantitative estimate of drug-likeness (QED) is 0.843. The van der Waals surface area contributed by atoms with E-state index in [-0.39, 0.29) is 23.4 Å². The minimum atomic E-state index is -0.220. The van der Waals surface area contributed by atoms with Gasteiger partial charge in [0.25, 0.3) is 6.02 Å². The lowest BCUT2D eigenvalue weighted by atomic mass is 9.88. The highest BCUT2D eigenvalue weighted by molar-refractivity contribution is 5.78. The monoisotopic (exact) mass is 365 g/mol. The van der Waals surface area contributed by atoms with E-state index >= 15 is 0 Å². The molecule has 27 heavy (non-hydrogen) atoms. The van der Waals surface area contributed by atoms with E-state index in [9.17, 15) is 4.39 Å². The van der Waals surface area contributed by atoms with E-state index in [1.807, 2.05) is 12.1 Å². The Kier molecular flexibility index (Phi) is 3.93. The van der Waals surface area contributed by atoms with Crippen LogP contribution < -0.4 is 5.73 Å². The zero-order valence-electron chi connectivity index (χ0n) is 15.3. The van der Waals surface area contributed by atoms with Crippen molar-refractivity contribution in [2.75, 3.05) is 13.2 Å². The molecule has 0 aromatic heterocycles. The van der Waals surface area contributed by atoms with Crippen LogP contribution in [-0.2, 0) is 11.2 Å². The maximum absolute atomic E-state index is 13.5. The van der Waals surface area contributed by atoms with Crippen LogP contribution in [0.3, 0.4) is 0 Å². The number of hydrogen-bond acceptors (Lipinski definition) is 4. The summed E-state index contributed by atoms with van der Waals surface area (Å²) in [5, 5.41) is 0. The molecule has 1 fully saturated rings. The number of hydrogen-bond donors (Lipinski definition) is 1. The number of rotatable bonds is 1. The molecule has 4 nitrogen and oxygen atoms in total. The lowest BCUT2D eigenvalue weighted by molar-refractivity contribution is 0.202. The van der Waals surface area contributed by atoms with Crippen LogP contribution in [0.15, 0.2) is 53.5 Å². The largest absolute Gasteiger partial charge is 0.463 e. The molecular weight excluding hydrogens is 341 g/mol. The highest BCUT2D eigenvalue weighted by Crippen LogP contribution is 2.40. The van der Waals surface area contributed by atoms with Crippen molar-refractivity contribution in [1.82, 2.24) is 4.90 Å². The Bertz CT molecular complexity index is 881. The van der Waals surface area contributed by atoms with Gasteiger partial charge in [-0.25, -0.2) is 9.38 Å². The van der Waals surface area contributed by atoms with Gasteiger partial charge in [-0.1, -0.05) is 36.4 Å². The molecular formula is C22H24FN3O. The molecule has 5 heteroatoms. The van der Waals surface area contributed by atoms with Gasteiger partial charge >= 0.3 is 0 Å². The number of aliphatic imine (C=N–C) groups is 1. The first-order valence-electron chi connectivity index (χ1n) is 9.72. The Hall–Kier alpha value is -2.40. The van der Waals surface area contributed by atoms with Crippen molar-refractivity contribution in [3.8, 4) is 0 Å². The van der Waals surface area contributed by atoms with E-state index in [1.165, 1.54) is 23.3 Å². The van der Waals surface area contributed by atoms with E-state index in [1.54, 1.807) is 0 Å². The van der Waals surface area contributed by atoms with Crippen molar-refractivity contribution < 1.29 is 9.13 Å². The Morgan fingerprint density at radius 3 is 2.74 bits per heavy atom. The van der Waals surface area contributed by atoms with E-state index in [0.717, 1.165) is 37.8 Å². The average molecular weight is 365 g/mol. The fourth-order valence-corrected chi connectivity index (χ4v) is 4.77. The summed E-state index contributed by atoms with van der Waals surface area (Å²) in [6, 6.07) is 16.2. The molecule has 1 spiro atoms. The van der Waals surface area contributed by atoms with Crippen molar-refractivity contribution >= 4 is 6.02 Å². The van der Waals surface area contributed by atoms with Crippen molar-refractivity contribution in [3.63, 3.8) is 0 Å². The second kappa shape index (κ2) is 6.34. The molecule has 1 saturated carbocycles. The van der Waals surface area contributed by atoms with Gasteiger partial charge in [0.1, 0.15) is 18.0 Å². The molecule has 2 N–H and O–H groups in total. The van der Waals surface area contributed by atoms with Gasteiger partial charge in [-0.15, -0.1) is 0 Å². The number of amidine groups is 1. The number of nitrogens with two attached hydrogens (primary N) is 1. The number of halogens is 1. The fraction of sp³-hybridized carbons (Fsp3) is 0.409. The fourth-order valence-electron chi connectivity index (χ4n) is 4.77. The van der Waals surface area contributed by atoms with Gasteiger partial charge in [0.15, 0.2) is 0 Å². The lowest BCUT2D eigenvalue weighted by Gasteiger charge is -2.38. The molecule has 0 radical (unpaired) electrons. The van der Waals surface area contributed by atoms with Gasteiger partial charge in [-0.05, 0) is 54.5 Å². The summed E-state index contributed by atoms with van der Waals surface area (Å²) in [5.41, 5.74) is 9.61. The van der Waals surface area contributed by atoms with Crippen LogP contribution in [0.2, 0.25) is 0 Å². The van der Waals surface area contributed by atoms with Gasteiger partial charge in [0.2, 0.25) is 0 Å². The van der Waals surface area contributed by atoms with Crippen molar-refractivity contribution in [1.29, 1.82) is 0 Å². The Morgan fingerprint density at radius 2 is 1.96 bits per heavy atom. The van der Waals surface area contributed by atoms with Crippen molar-refractivity contribution in [2.45, 2.75) is 43.3 Å². The molecule has 2 aromatic carbocycles. The molecule has 2 aromatic rings. The summed E-state index contributed by atoms with van der Waals surface area (Å²) < 4.78 is 19.6. The van der Waals surface area contributed by atoms with Crippen LogP contribution in [0.25, 0.3) is 0 Å². The maximum atomic E-state index is 13.5. The molecule has 1 aliphatic carbocycles. The number of nitrogens with zero attached hydrogens (tertiary/aromatic N) is 2. The topological polar surface area (TPSA) is 50.9 Å². The molecule has 3 atom stereocenters. The zero-order chi connectivity index (χ0) is 18.4. The first-order valence-corrected chi connectivity index (χ1v) is 9.72. The Morgan fingerprint density at radius 1 is 1.15 bits per heavy atom. The summed E-state index contributed by atoms with van der Waals surface area (Å²) >= 11 is 0. The lowest BCUT2D eigenvalue weighted by Crippen LogP contribution is -2.40. The highest BCUT2D eigenvalue weighted by atomic mass is 19.1. The first kappa shape index (κ1) is 16.8. The van der Waals surface area contributed by atoms with E-state index in [0.29, 0.717) is 12.6 Å². The average Bonchev–Trinajstić information content (AvgIpc) is 3.27. The standard InChI is InChI=1S/C22H24FN3O/c23-17-7-5-16(6-8-17)20-19-4-2-1-3-15(19)10-12-26(20)21-25-22(14-27-21)11-9-18(24)13-22/h1-8,18,20H,9-14,24H2/t18?,20-,22?/m0/s1. The van der Waals surface area contributed by atoms with Crippen LogP contribution in [0.1, 0.15) is 42.0 Å². The van der Waals surface area contributed by atoms with Crippen molar-refractivity contribution in [3.05, 3.63) is 71.0 Å². The second-order valence-electron chi connectivity index (χ2n) is 8.01. The van der Waals surface area contributed by atoms with Crippen LogP contribution in [0, 0.1) is 5.82 Å². The van der Waals surface area contributed by atoms with Gasteiger partial charge in [-0.3, -0.25) is 0 Å². The predicted octanol–water partition coefficient (Wildman–Crippen LogP) is 3.41. The van der Waals surface area contributed by atoms with Gasteiger partial charge < -0.3 is 15.4 Å². The number of ether oxygens (including phenoxy) is 1. The molecule has 3 aliphatic rings. The van der Waals surface area contributed by atoms with E-state index in [4.69, 9.17) is 15.5 Å². The molecule has 0 amide bonds. The summed E-state index contributed by atoms with van der Waals surface area (Å²) in [7, 11) is 0. The first-order chi connectivity index (χ1) is 13.1. The maximum Gasteiger partial charge on any atom is 0.288 e. The van der Waals surface area contributed by atoms with Crippen LogP contribution in [0.4, 0.5) is 4.39 Å². The third kappa shape index (κ3) is 2.90. The number of fused-ring (bicyclic) bond motifs is 1. The minimum Gasteiger partial charge on any atom is -0.463 e. The SMILES string of the molecule is NC1CCC2(COC(N3CCc4ccccc4[C@@H]3c3ccc(F)cc3)=N2)C1. The highest BCUT2D eigenvalue weighted by Gasteiger charge is 2.45. The van der Waals surface area contributed by atoms with Crippen molar-refractivity contribution in [2.24, 2.45) is 10.7 Å². The summed E-state index contributed by atoms with van der Waals surface area (Å²) in [6.45, 7) is 1.45. The van der Waals surface area contributed by atoms with Crippen LogP contribution in [-0.4, -0.2) is 35.7 Å². The summed E-state index contributed by atoms with van der Waals surface area (Å²) in [6.07, 6.45) is 3.83. The van der Waals surface area contributed by atoms with Gasteiger partial charge in [-0.2, -0.15) is 0 Å². The van der Waals surface area contributed by atoms with E-state index < -0.39 is 0 Å². The molecule has 140 valence electrons. The third-order valence-corrected chi connectivity index (χ3v) is 6.14. The predicted molar refractivity (Wildman–Crippen MR) is 103 cm³/mol. The molecule has 2 aliphatic heterocycles. The Labute approximate surface area is 158 Å². The molecule has 5 rings (SSSR count). The summed E-state index contributed by atoms with van der Waals surface area (Å²) in [5.74, 6) is -0.220. The normalized spacial score (nSPS) is 29.6. The van der Waals surface area contributed by atoms with Crippen LogP contribution >= 0.6 is 0 Å². The van der Waals surface area contributed by atoms with Gasteiger partial charge in [0, 0.05) is 12.6 Å². The zero-order valence-corrected chi connectivity index (χ0v) is 15.3. The Balaban J connectivity index is 1.55. The second-order valence-corrected chi connectivity index (χ2v) is 8.01. The molecule has 2 unspecified atom stereocenters. The third-order valence-electron chi connectivity index (χ3n) is 6.14.